The number of hydrogen-bond acceptors (Lipinski definition) is 0. The van der Waals surface area contributed by atoms with E-state index >= 15 is 0 Å². The van der Waals surface area contributed by atoms with Crippen LogP contribution in [0.15, 0.2) is 42.5 Å². The van der Waals surface area contributed by atoms with Gasteiger partial charge in [0.25, 0.3) is 12.2 Å². The Hall–Kier alpha value is -1.58. The Morgan fingerprint density at radius 3 is 2.06 bits per heavy atom. The molecule has 0 unspecified atom stereocenters. The van der Waals surface area contributed by atoms with Crippen molar-refractivity contribution in [1.82, 2.24) is 0 Å². The van der Waals surface area contributed by atoms with Crippen LogP contribution in [0.4, 0.5) is 17.6 Å². The van der Waals surface area contributed by atoms with Gasteiger partial charge in [-0.2, -0.15) is 17.6 Å². The molecule has 1 rings (SSSR count). The molecule has 0 nitrogen and oxygen atoms in total. The molecular weight excluding hydrogens is 220 g/mol. The van der Waals surface area contributed by atoms with Crippen molar-refractivity contribution in [3.05, 3.63) is 53.6 Å². The molecule has 86 valence electrons. The van der Waals surface area contributed by atoms with Gasteiger partial charge in [-0.3, -0.25) is 0 Å². The van der Waals surface area contributed by atoms with Crippen LogP contribution in [0, 0.1) is 0 Å². The first-order valence-corrected chi connectivity index (χ1v) is 4.71. The predicted octanol–water partition coefficient (Wildman–Crippen LogP) is 4.64. The molecule has 0 atom stereocenters. The van der Waals surface area contributed by atoms with E-state index in [9.17, 15) is 17.6 Å². The van der Waals surface area contributed by atoms with E-state index in [4.69, 9.17) is 0 Å². The first-order chi connectivity index (χ1) is 7.58. The highest BCUT2D eigenvalue weighted by molar-refractivity contribution is 5.50. The summed E-state index contributed by atoms with van der Waals surface area (Å²) in [5.74, 6) is 0. The zero-order chi connectivity index (χ0) is 12.0. The molecule has 0 aliphatic heterocycles. The van der Waals surface area contributed by atoms with Gasteiger partial charge in [-0.05, 0) is 30.0 Å². The van der Waals surface area contributed by atoms with Gasteiger partial charge in [0.05, 0.1) is 0 Å². The maximum atomic E-state index is 11.9. The second-order valence-corrected chi connectivity index (χ2v) is 3.21. The van der Waals surface area contributed by atoms with Crippen LogP contribution >= 0.6 is 0 Å². The van der Waals surface area contributed by atoms with Gasteiger partial charge in [-0.15, -0.1) is 0 Å². The highest BCUT2D eigenvalue weighted by atomic mass is 19.3. The number of aryl methyl sites for hydroxylation is 1. The third-order valence-corrected chi connectivity index (χ3v) is 1.99. The Morgan fingerprint density at radius 2 is 1.56 bits per heavy atom. The predicted molar refractivity (Wildman–Crippen MR) is 55.3 cm³/mol. The minimum atomic E-state index is -1.75. The fourth-order valence-electron chi connectivity index (χ4n) is 1.25. The minimum absolute atomic E-state index is 0.245. The smallest absolute Gasteiger partial charge is 0.174 e. The van der Waals surface area contributed by atoms with Crippen molar-refractivity contribution in [3.8, 4) is 0 Å². The topological polar surface area (TPSA) is 0 Å². The summed E-state index contributed by atoms with van der Waals surface area (Å²) in [7, 11) is 0. The molecule has 0 radical (unpaired) electrons. The van der Waals surface area contributed by atoms with Crippen LogP contribution in [0.5, 0.6) is 0 Å². The van der Waals surface area contributed by atoms with Crippen molar-refractivity contribution in [1.29, 1.82) is 0 Å². The highest BCUT2D eigenvalue weighted by Crippen LogP contribution is 2.12. The van der Waals surface area contributed by atoms with Gasteiger partial charge in [-0.25, -0.2) is 0 Å². The van der Waals surface area contributed by atoms with E-state index in [0.29, 0.717) is 12.0 Å². The van der Waals surface area contributed by atoms with E-state index in [2.05, 4.69) is 0 Å². The molecule has 0 fully saturated rings. The Balaban J connectivity index is 2.58. The van der Waals surface area contributed by atoms with Gasteiger partial charge >= 0.3 is 0 Å². The van der Waals surface area contributed by atoms with Gasteiger partial charge in [0.1, 0.15) is 0 Å². The normalized spacial score (nSPS) is 9.75. The summed E-state index contributed by atoms with van der Waals surface area (Å²) < 4.78 is 47.2. The summed E-state index contributed by atoms with van der Waals surface area (Å²) in [6, 6.07) is 6.37. The van der Waals surface area contributed by atoms with Crippen LogP contribution in [0.25, 0.3) is 6.08 Å². The maximum absolute atomic E-state index is 11.9. The quantitative estimate of drug-likeness (QED) is 0.661. The molecule has 0 aliphatic rings. The van der Waals surface area contributed by atoms with Crippen LogP contribution in [0.1, 0.15) is 17.5 Å². The lowest BCUT2D eigenvalue weighted by Gasteiger charge is -1.99. The van der Waals surface area contributed by atoms with Crippen LogP contribution in [-0.4, -0.2) is 0 Å². The van der Waals surface area contributed by atoms with E-state index in [1.807, 2.05) is 0 Å². The van der Waals surface area contributed by atoms with Gasteiger partial charge < -0.3 is 0 Å². The second kappa shape index (κ2) is 6.10. The molecule has 0 aromatic heterocycles. The van der Waals surface area contributed by atoms with Gasteiger partial charge in [0.2, 0.25) is 0 Å². The van der Waals surface area contributed by atoms with Crippen molar-refractivity contribution in [2.75, 3.05) is 0 Å². The first kappa shape index (κ1) is 12.5. The summed E-state index contributed by atoms with van der Waals surface area (Å²) in [5, 5.41) is 0. The standard InChI is InChI=1S/C12H10F4/c13-11(14)3-1-2-9-4-6-10(7-5-9)8-12(15)16/h3-8H,1-2H2. The Labute approximate surface area is 90.9 Å². The van der Waals surface area contributed by atoms with Crippen molar-refractivity contribution in [3.63, 3.8) is 0 Å². The Morgan fingerprint density at radius 1 is 0.938 bits per heavy atom. The summed E-state index contributed by atoms with van der Waals surface area (Å²) in [6.07, 6.45) is -1.14. The van der Waals surface area contributed by atoms with E-state index < -0.39 is 12.2 Å². The second-order valence-electron chi connectivity index (χ2n) is 3.21. The molecule has 1 aromatic rings. The lowest BCUT2D eigenvalue weighted by molar-refractivity contribution is 0.417. The number of halogens is 4. The number of hydrogen-bond donors (Lipinski definition) is 0. The monoisotopic (exact) mass is 230 g/mol. The molecule has 0 saturated heterocycles. The summed E-state index contributed by atoms with van der Waals surface area (Å²) in [6.45, 7) is 0. The lowest BCUT2D eigenvalue weighted by atomic mass is 10.1. The van der Waals surface area contributed by atoms with Crippen LogP contribution in [0.2, 0.25) is 0 Å². The molecule has 0 saturated carbocycles. The molecule has 0 spiro atoms. The van der Waals surface area contributed by atoms with E-state index in [-0.39, 0.29) is 6.42 Å². The van der Waals surface area contributed by atoms with E-state index in [1.165, 1.54) is 12.1 Å². The zero-order valence-corrected chi connectivity index (χ0v) is 8.39. The van der Waals surface area contributed by atoms with Crippen molar-refractivity contribution in [2.45, 2.75) is 12.8 Å². The number of rotatable bonds is 4. The third-order valence-electron chi connectivity index (χ3n) is 1.99. The first-order valence-electron chi connectivity index (χ1n) is 4.71. The van der Waals surface area contributed by atoms with Crippen LogP contribution < -0.4 is 0 Å². The summed E-state index contributed by atoms with van der Waals surface area (Å²) in [4.78, 5) is 0. The summed E-state index contributed by atoms with van der Waals surface area (Å²) in [5.41, 5.74) is 1.24. The van der Waals surface area contributed by atoms with Crippen molar-refractivity contribution >= 4 is 6.08 Å². The molecule has 0 aliphatic carbocycles. The molecule has 1 aromatic carbocycles. The van der Waals surface area contributed by atoms with Gasteiger partial charge in [-0.1, -0.05) is 24.3 Å². The molecular formula is C12H10F4. The molecule has 0 heterocycles. The van der Waals surface area contributed by atoms with E-state index in [0.717, 1.165) is 17.7 Å². The average Bonchev–Trinajstić information content (AvgIpc) is 2.19. The molecule has 0 bridgehead atoms. The maximum Gasteiger partial charge on any atom is 0.270 e. The third kappa shape index (κ3) is 4.77. The van der Waals surface area contributed by atoms with Gasteiger partial charge in [0, 0.05) is 6.08 Å². The molecule has 16 heavy (non-hydrogen) atoms. The largest absolute Gasteiger partial charge is 0.270 e. The summed E-state index contributed by atoms with van der Waals surface area (Å²) >= 11 is 0. The molecule has 0 N–H and O–H groups in total. The van der Waals surface area contributed by atoms with Gasteiger partial charge in [0.15, 0.2) is 0 Å². The van der Waals surface area contributed by atoms with Crippen LogP contribution in [-0.2, 0) is 6.42 Å². The van der Waals surface area contributed by atoms with Crippen molar-refractivity contribution in [2.24, 2.45) is 0 Å². The number of benzene rings is 1. The Bertz CT molecular complexity index is 382. The fourth-order valence-corrected chi connectivity index (χ4v) is 1.25. The minimum Gasteiger partial charge on any atom is -0.174 e. The zero-order valence-electron chi connectivity index (χ0n) is 8.39. The fraction of sp³-hybridized carbons (Fsp3) is 0.167. The lowest BCUT2D eigenvalue weighted by Crippen LogP contribution is -1.83. The number of allylic oxidation sites excluding steroid dienone is 1. The van der Waals surface area contributed by atoms with Crippen LogP contribution in [0.3, 0.4) is 0 Å². The molecule has 4 heteroatoms. The average molecular weight is 230 g/mol. The Kier molecular flexibility index (Phi) is 4.76. The van der Waals surface area contributed by atoms with Crippen molar-refractivity contribution < 1.29 is 17.6 Å². The molecule has 0 amide bonds. The SMILES string of the molecule is FC(F)=CCCc1ccc(C=C(F)F)cc1. The highest BCUT2D eigenvalue weighted by Gasteiger charge is 1.95. The van der Waals surface area contributed by atoms with E-state index in [1.54, 1.807) is 12.1 Å².